The van der Waals surface area contributed by atoms with Gasteiger partial charge in [0.15, 0.2) is 5.76 Å². The third-order valence-electron chi connectivity index (χ3n) is 4.25. The van der Waals surface area contributed by atoms with E-state index in [1.165, 1.54) is 0 Å². The molecule has 0 aliphatic carbocycles. The number of anilines is 2. The van der Waals surface area contributed by atoms with Gasteiger partial charge in [0.2, 0.25) is 11.8 Å². The van der Waals surface area contributed by atoms with Gasteiger partial charge in [0.05, 0.1) is 17.7 Å². The van der Waals surface area contributed by atoms with Crippen LogP contribution in [-0.2, 0) is 0 Å². The molecular weight excluding hydrogens is 427 g/mol. The Morgan fingerprint density at radius 3 is 2.63 bits per heavy atom. The minimum atomic E-state index is 0.363. The number of nitrogens with zero attached hydrogens (tertiary/aromatic N) is 7. The normalized spacial score (nSPS) is 11.2. The van der Waals surface area contributed by atoms with Crippen molar-refractivity contribution in [1.29, 1.82) is 0 Å². The highest BCUT2D eigenvalue weighted by molar-refractivity contribution is 6.35. The van der Waals surface area contributed by atoms with E-state index < -0.39 is 0 Å². The van der Waals surface area contributed by atoms with Crippen molar-refractivity contribution >= 4 is 40.6 Å². The van der Waals surface area contributed by atoms with Crippen LogP contribution in [0.2, 0.25) is 10.0 Å². The number of hydrogen-bond donors (Lipinski definition) is 1. The van der Waals surface area contributed by atoms with Crippen LogP contribution in [0.3, 0.4) is 0 Å². The monoisotopic (exact) mass is 438 g/mol. The van der Waals surface area contributed by atoms with Gasteiger partial charge < -0.3 is 9.73 Å². The number of rotatable bonds is 4. The summed E-state index contributed by atoms with van der Waals surface area (Å²) in [7, 11) is 0. The Hall–Kier alpha value is -3.56. The van der Waals surface area contributed by atoms with Crippen molar-refractivity contribution in [1.82, 2.24) is 34.8 Å². The number of halogens is 2. The molecule has 0 bridgehead atoms. The second-order valence-corrected chi connectivity index (χ2v) is 7.18. The maximum Gasteiger partial charge on any atom is 0.272 e. The van der Waals surface area contributed by atoms with E-state index in [0.29, 0.717) is 50.4 Å². The Bertz CT molecular complexity index is 1350. The smallest absolute Gasteiger partial charge is 0.272 e. The number of benzene rings is 1. The summed E-state index contributed by atoms with van der Waals surface area (Å²) in [6.07, 6.45) is 3.19. The lowest BCUT2D eigenvalue weighted by Gasteiger charge is -2.08. The Labute approximate surface area is 179 Å². The number of aromatic nitrogens is 7. The van der Waals surface area contributed by atoms with Crippen LogP contribution < -0.4 is 5.32 Å². The fourth-order valence-electron chi connectivity index (χ4n) is 2.91. The number of nitrogens with one attached hydrogen (secondary N) is 1. The van der Waals surface area contributed by atoms with Crippen molar-refractivity contribution in [2.24, 2.45) is 0 Å². The predicted molar refractivity (Wildman–Crippen MR) is 112 cm³/mol. The van der Waals surface area contributed by atoms with E-state index in [0.717, 1.165) is 5.69 Å². The molecule has 11 heteroatoms. The van der Waals surface area contributed by atoms with Crippen molar-refractivity contribution in [2.45, 2.75) is 6.92 Å². The molecule has 5 rings (SSSR count). The van der Waals surface area contributed by atoms with E-state index in [4.69, 9.17) is 27.6 Å². The molecule has 0 saturated heterocycles. The topological polar surface area (TPSA) is 107 Å². The molecule has 0 unspecified atom stereocenters. The molecule has 1 aromatic carbocycles. The van der Waals surface area contributed by atoms with Crippen LogP contribution in [0.1, 0.15) is 5.69 Å². The van der Waals surface area contributed by atoms with E-state index in [-0.39, 0.29) is 0 Å². The minimum absolute atomic E-state index is 0.363. The Kier molecular flexibility index (Phi) is 4.53. The molecule has 0 saturated carbocycles. The van der Waals surface area contributed by atoms with Crippen molar-refractivity contribution < 1.29 is 4.42 Å². The summed E-state index contributed by atoms with van der Waals surface area (Å²) in [5, 5.41) is 17.0. The molecule has 0 radical (unpaired) electrons. The van der Waals surface area contributed by atoms with Crippen LogP contribution >= 0.6 is 23.2 Å². The van der Waals surface area contributed by atoms with Gasteiger partial charge in [-0.3, -0.25) is 0 Å². The zero-order valence-corrected chi connectivity index (χ0v) is 16.9. The largest absolute Gasteiger partial charge is 0.461 e. The van der Waals surface area contributed by atoms with E-state index in [1.807, 2.05) is 6.92 Å². The summed E-state index contributed by atoms with van der Waals surface area (Å²) in [5.74, 6) is 1.71. The average molecular weight is 439 g/mol. The molecule has 30 heavy (non-hydrogen) atoms. The highest BCUT2D eigenvalue weighted by Crippen LogP contribution is 2.26. The summed E-state index contributed by atoms with van der Waals surface area (Å²) in [4.78, 5) is 13.1. The quantitative estimate of drug-likeness (QED) is 0.433. The standard InChI is InChI=1S/C19H12Cl2N8O/c1-10-16(26-27-19-25-17(28-29(10)19)15-3-2-6-30-15)14-4-5-22-18(24-14)23-13-8-11(20)7-12(21)9-13/h2-9H,1H3,(H,22,23,24). The minimum Gasteiger partial charge on any atom is -0.461 e. The molecule has 148 valence electrons. The number of furan rings is 1. The van der Waals surface area contributed by atoms with Gasteiger partial charge in [0, 0.05) is 21.9 Å². The van der Waals surface area contributed by atoms with Gasteiger partial charge in [0.25, 0.3) is 5.78 Å². The first-order chi connectivity index (χ1) is 14.6. The fraction of sp³-hybridized carbons (Fsp3) is 0.0526. The van der Waals surface area contributed by atoms with Crippen LogP contribution in [0.5, 0.6) is 0 Å². The fourth-order valence-corrected chi connectivity index (χ4v) is 3.44. The maximum atomic E-state index is 6.05. The summed E-state index contributed by atoms with van der Waals surface area (Å²) >= 11 is 12.1. The summed E-state index contributed by atoms with van der Waals surface area (Å²) in [6.45, 7) is 1.86. The maximum absolute atomic E-state index is 6.05. The van der Waals surface area contributed by atoms with Crippen molar-refractivity contribution in [3.05, 3.63) is 64.6 Å². The molecule has 0 aliphatic rings. The van der Waals surface area contributed by atoms with E-state index >= 15 is 0 Å². The van der Waals surface area contributed by atoms with E-state index in [9.17, 15) is 0 Å². The molecule has 0 spiro atoms. The van der Waals surface area contributed by atoms with Gasteiger partial charge >= 0.3 is 0 Å². The zero-order valence-electron chi connectivity index (χ0n) is 15.4. The van der Waals surface area contributed by atoms with Gasteiger partial charge in [-0.25, -0.2) is 9.97 Å². The van der Waals surface area contributed by atoms with Crippen LogP contribution in [0.4, 0.5) is 11.6 Å². The number of aryl methyl sites for hydroxylation is 1. The van der Waals surface area contributed by atoms with E-state index in [2.05, 4.69) is 35.6 Å². The first-order valence-corrected chi connectivity index (χ1v) is 9.53. The molecule has 1 N–H and O–H groups in total. The Morgan fingerprint density at radius 2 is 1.87 bits per heavy atom. The summed E-state index contributed by atoms with van der Waals surface area (Å²) < 4.78 is 6.96. The molecule has 4 heterocycles. The first-order valence-electron chi connectivity index (χ1n) is 8.77. The summed E-state index contributed by atoms with van der Waals surface area (Å²) in [5.41, 5.74) is 2.51. The predicted octanol–water partition coefficient (Wildman–Crippen LogP) is 4.60. The van der Waals surface area contributed by atoms with Gasteiger partial charge in [-0.2, -0.15) is 9.50 Å². The first kappa shape index (κ1) is 18.5. The molecular formula is C19H12Cl2N8O. The summed E-state index contributed by atoms with van der Waals surface area (Å²) in [6, 6.07) is 10.4. The van der Waals surface area contributed by atoms with Crippen LogP contribution in [0, 0.1) is 6.92 Å². The van der Waals surface area contributed by atoms with Crippen LogP contribution in [0.15, 0.2) is 53.3 Å². The zero-order chi connectivity index (χ0) is 20.7. The van der Waals surface area contributed by atoms with Gasteiger partial charge in [0.1, 0.15) is 5.69 Å². The molecule has 9 nitrogen and oxygen atoms in total. The molecule has 0 fully saturated rings. The Balaban J connectivity index is 1.52. The third-order valence-corrected chi connectivity index (χ3v) is 4.68. The molecule has 4 aromatic heterocycles. The Morgan fingerprint density at radius 1 is 1.03 bits per heavy atom. The van der Waals surface area contributed by atoms with Crippen molar-refractivity contribution in [2.75, 3.05) is 5.32 Å². The van der Waals surface area contributed by atoms with Gasteiger partial charge in [-0.1, -0.05) is 23.2 Å². The SMILES string of the molecule is Cc1c(-c2ccnc(Nc3cc(Cl)cc(Cl)c3)n2)nnc2nc(-c3ccco3)nn12. The molecule has 0 aliphatic heterocycles. The lowest BCUT2D eigenvalue weighted by molar-refractivity contribution is 0.577. The number of hydrogen-bond acceptors (Lipinski definition) is 8. The van der Waals surface area contributed by atoms with Crippen LogP contribution in [0.25, 0.3) is 28.8 Å². The number of fused-ring (bicyclic) bond motifs is 1. The average Bonchev–Trinajstić information content (AvgIpc) is 3.38. The van der Waals surface area contributed by atoms with Gasteiger partial charge in [-0.15, -0.1) is 15.3 Å². The highest BCUT2D eigenvalue weighted by Gasteiger charge is 2.16. The van der Waals surface area contributed by atoms with E-state index in [1.54, 1.807) is 53.4 Å². The lowest BCUT2D eigenvalue weighted by Crippen LogP contribution is -2.05. The third kappa shape index (κ3) is 3.44. The second kappa shape index (κ2) is 7.36. The molecule has 0 atom stereocenters. The molecule has 0 amide bonds. The van der Waals surface area contributed by atoms with Crippen LogP contribution in [-0.4, -0.2) is 34.8 Å². The lowest BCUT2D eigenvalue weighted by atomic mass is 10.2. The van der Waals surface area contributed by atoms with Crippen molar-refractivity contribution in [3.8, 4) is 23.0 Å². The van der Waals surface area contributed by atoms with Gasteiger partial charge in [-0.05, 0) is 43.3 Å². The molecule has 5 aromatic rings. The second-order valence-electron chi connectivity index (χ2n) is 6.31. The highest BCUT2D eigenvalue weighted by atomic mass is 35.5. The van der Waals surface area contributed by atoms with Crippen molar-refractivity contribution in [3.63, 3.8) is 0 Å².